The maximum absolute atomic E-state index is 12.2. The molecule has 1 heterocycles. The van der Waals surface area contributed by atoms with Crippen molar-refractivity contribution < 1.29 is 14.7 Å². The Kier molecular flexibility index (Phi) is 4.69. The topological polar surface area (TPSA) is 84.2 Å². The van der Waals surface area contributed by atoms with Gasteiger partial charge in [0.15, 0.2) is 0 Å². The lowest BCUT2D eigenvalue weighted by molar-refractivity contribution is -0.144. The summed E-state index contributed by atoms with van der Waals surface area (Å²) >= 11 is 0. The highest BCUT2D eigenvalue weighted by atomic mass is 16.4. The third-order valence-electron chi connectivity index (χ3n) is 3.10. The largest absolute Gasteiger partial charge is 0.480 e. The van der Waals surface area contributed by atoms with Crippen LogP contribution in [0.4, 0.5) is 0 Å². The summed E-state index contributed by atoms with van der Waals surface area (Å²) in [5, 5.41) is 16.0. The number of hydrogen-bond acceptors (Lipinski definition) is 3. The first-order valence-corrected chi connectivity index (χ1v) is 6.42. The predicted molar refractivity (Wildman–Crippen MR) is 71.0 cm³/mol. The smallest absolute Gasteiger partial charge is 0.329 e. The lowest BCUT2D eigenvalue weighted by Gasteiger charge is -2.25. The van der Waals surface area contributed by atoms with E-state index in [4.69, 9.17) is 0 Å². The molecule has 0 aliphatic carbocycles. The summed E-state index contributed by atoms with van der Waals surface area (Å²) in [6, 6.07) is 0. The van der Waals surface area contributed by atoms with Crippen molar-refractivity contribution in [2.45, 2.75) is 45.6 Å². The molecule has 2 N–H and O–H groups in total. The third kappa shape index (κ3) is 3.33. The van der Waals surface area contributed by atoms with Gasteiger partial charge in [-0.25, -0.2) is 4.79 Å². The second-order valence-corrected chi connectivity index (χ2v) is 4.86. The quantitative estimate of drug-likeness (QED) is 0.815. The molecule has 6 heteroatoms. The third-order valence-corrected chi connectivity index (χ3v) is 3.10. The van der Waals surface area contributed by atoms with Gasteiger partial charge in [-0.2, -0.15) is 5.10 Å². The highest BCUT2D eigenvalue weighted by molar-refractivity contribution is 5.98. The zero-order valence-corrected chi connectivity index (χ0v) is 11.9. The molecule has 0 aliphatic rings. The molecule has 0 aliphatic heterocycles. The molecule has 0 radical (unpaired) electrons. The van der Waals surface area contributed by atoms with E-state index in [1.54, 1.807) is 17.9 Å². The van der Waals surface area contributed by atoms with Crippen molar-refractivity contribution in [1.29, 1.82) is 0 Å². The van der Waals surface area contributed by atoms with Gasteiger partial charge in [0.25, 0.3) is 5.91 Å². The number of aromatic nitrogens is 2. The molecule has 1 amide bonds. The van der Waals surface area contributed by atoms with Crippen LogP contribution in [0.2, 0.25) is 0 Å². The fourth-order valence-corrected chi connectivity index (χ4v) is 2.03. The van der Waals surface area contributed by atoms with Gasteiger partial charge in [0.1, 0.15) is 5.54 Å². The second-order valence-electron chi connectivity index (χ2n) is 4.86. The molecule has 19 heavy (non-hydrogen) atoms. The van der Waals surface area contributed by atoms with Crippen molar-refractivity contribution in [1.82, 2.24) is 15.1 Å². The molecule has 1 rings (SSSR count). The standard InChI is InChI=1S/C13H21N3O3/c1-5-7-13(3,12(18)19)14-11(17)9-8-16(4)15-10(9)6-2/h8H,5-7H2,1-4H3,(H,14,17)(H,18,19). The fraction of sp³-hybridized carbons (Fsp3) is 0.615. The number of amides is 1. The Morgan fingerprint density at radius 3 is 2.58 bits per heavy atom. The Bertz CT molecular complexity index is 481. The van der Waals surface area contributed by atoms with E-state index in [1.165, 1.54) is 6.92 Å². The normalized spacial score (nSPS) is 13.9. The second kappa shape index (κ2) is 5.86. The van der Waals surface area contributed by atoms with Crippen LogP contribution in [0.5, 0.6) is 0 Å². The summed E-state index contributed by atoms with van der Waals surface area (Å²) in [5.41, 5.74) is -0.134. The molecule has 0 saturated carbocycles. The van der Waals surface area contributed by atoms with Crippen LogP contribution >= 0.6 is 0 Å². The van der Waals surface area contributed by atoms with E-state index in [0.717, 1.165) is 0 Å². The lowest BCUT2D eigenvalue weighted by atomic mass is 9.95. The fourth-order valence-electron chi connectivity index (χ4n) is 2.03. The molecular weight excluding hydrogens is 246 g/mol. The van der Waals surface area contributed by atoms with E-state index in [9.17, 15) is 14.7 Å². The molecular formula is C13H21N3O3. The van der Waals surface area contributed by atoms with Gasteiger partial charge in [0.2, 0.25) is 0 Å². The Labute approximate surface area is 112 Å². The Morgan fingerprint density at radius 2 is 2.11 bits per heavy atom. The van der Waals surface area contributed by atoms with Crippen molar-refractivity contribution in [3.8, 4) is 0 Å². The maximum atomic E-state index is 12.2. The van der Waals surface area contributed by atoms with Gasteiger partial charge in [-0.3, -0.25) is 9.48 Å². The summed E-state index contributed by atoms with van der Waals surface area (Å²) in [4.78, 5) is 23.5. The van der Waals surface area contributed by atoms with Gasteiger partial charge in [-0.15, -0.1) is 0 Å². The van der Waals surface area contributed by atoms with Gasteiger partial charge >= 0.3 is 5.97 Å². The van der Waals surface area contributed by atoms with Crippen LogP contribution in [0.1, 0.15) is 49.7 Å². The van der Waals surface area contributed by atoms with Gasteiger partial charge in [-0.1, -0.05) is 20.3 Å². The van der Waals surface area contributed by atoms with Crippen LogP contribution in [0, 0.1) is 0 Å². The number of carboxylic acids is 1. The molecule has 0 spiro atoms. The predicted octanol–water partition coefficient (Wildman–Crippen LogP) is 1.36. The number of hydrogen-bond donors (Lipinski definition) is 2. The zero-order chi connectivity index (χ0) is 14.6. The number of nitrogens with zero attached hydrogens (tertiary/aromatic N) is 2. The van der Waals surface area contributed by atoms with E-state index < -0.39 is 11.5 Å². The molecule has 0 saturated heterocycles. The van der Waals surface area contributed by atoms with E-state index in [-0.39, 0.29) is 5.91 Å². The average molecular weight is 267 g/mol. The van der Waals surface area contributed by atoms with Crippen molar-refractivity contribution >= 4 is 11.9 Å². The van der Waals surface area contributed by atoms with Crippen LogP contribution in [0.25, 0.3) is 0 Å². The van der Waals surface area contributed by atoms with Gasteiger partial charge in [0, 0.05) is 13.2 Å². The molecule has 0 fully saturated rings. The van der Waals surface area contributed by atoms with Crippen LogP contribution in [0.3, 0.4) is 0 Å². The van der Waals surface area contributed by atoms with Gasteiger partial charge in [-0.05, 0) is 19.8 Å². The number of aryl methyl sites for hydroxylation is 2. The van der Waals surface area contributed by atoms with E-state index in [0.29, 0.717) is 30.5 Å². The van der Waals surface area contributed by atoms with Crippen molar-refractivity contribution in [3.05, 3.63) is 17.5 Å². The molecule has 0 aromatic carbocycles. The minimum atomic E-state index is -1.24. The van der Waals surface area contributed by atoms with E-state index in [1.807, 2.05) is 13.8 Å². The molecule has 1 aromatic heterocycles. The number of nitrogens with one attached hydrogen (secondary N) is 1. The summed E-state index contributed by atoms with van der Waals surface area (Å²) in [5.74, 6) is -1.41. The molecule has 1 aromatic rings. The summed E-state index contributed by atoms with van der Waals surface area (Å²) in [7, 11) is 1.73. The summed E-state index contributed by atoms with van der Waals surface area (Å²) < 4.78 is 1.56. The first-order chi connectivity index (χ1) is 8.84. The minimum Gasteiger partial charge on any atom is -0.480 e. The highest BCUT2D eigenvalue weighted by Gasteiger charge is 2.34. The molecule has 106 valence electrons. The highest BCUT2D eigenvalue weighted by Crippen LogP contribution is 2.15. The summed E-state index contributed by atoms with van der Waals surface area (Å²) in [6.45, 7) is 5.31. The Balaban J connectivity index is 2.97. The maximum Gasteiger partial charge on any atom is 0.329 e. The molecule has 0 bridgehead atoms. The average Bonchev–Trinajstić information content (AvgIpc) is 2.70. The lowest BCUT2D eigenvalue weighted by Crippen LogP contribution is -2.52. The minimum absolute atomic E-state index is 0.385. The van der Waals surface area contributed by atoms with Gasteiger partial charge in [0.05, 0.1) is 11.3 Å². The molecule has 6 nitrogen and oxygen atoms in total. The Morgan fingerprint density at radius 1 is 1.47 bits per heavy atom. The van der Waals surface area contributed by atoms with Crippen molar-refractivity contribution in [3.63, 3.8) is 0 Å². The number of aliphatic carboxylic acids is 1. The van der Waals surface area contributed by atoms with E-state index >= 15 is 0 Å². The molecule has 1 atom stereocenters. The Hall–Kier alpha value is -1.85. The van der Waals surface area contributed by atoms with Crippen LogP contribution in [0.15, 0.2) is 6.20 Å². The van der Waals surface area contributed by atoms with Crippen LogP contribution < -0.4 is 5.32 Å². The van der Waals surface area contributed by atoms with E-state index in [2.05, 4.69) is 10.4 Å². The number of carbonyl (C=O) groups is 2. The first-order valence-electron chi connectivity index (χ1n) is 6.42. The van der Waals surface area contributed by atoms with Crippen molar-refractivity contribution in [2.75, 3.05) is 0 Å². The van der Waals surface area contributed by atoms with Crippen molar-refractivity contribution in [2.24, 2.45) is 7.05 Å². The van der Waals surface area contributed by atoms with Gasteiger partial charge < -0.3 is 10.4 Å². The van der Waals surface area contributed by atoms with Crippen LogP contribution in [-0.2, 0) is 18.3 Å². The van der Waals surface area contributed by atoms with Crippen LogP contribution in [-0.4, -0.2) is 32.3 Å². The number of rotatable bonds is 6. The monoisotopic (exact) mass is 267 g/mol. The zero-order valence-electron chi connectivity index (χ0n) is 11.9. The first kappa shape index (κ1) is 15.2. The summed E-state index contributed by atoms with van der Waals surface area (Å²) in [6.07, 6.45) is 3.30. The number of carbonyl (C=O) groups excluding carboxylic acids is 1. The molecule has 1 unspecified atom stereocenters. The number of carboxylic acid groups (broad SMARTS) is 1. The SMILES string of the molecule is CCCC(C)(NC(=O)c1cn(C)nc1CC)C(=O)O.